The molecule has 1 rings (SSSR count). The maximum absolute atomic E-state index is 13.1. The standard InChI is InChI=1S/C9H8BrFO4/c10-5-3-4(1-2-6(12)13)8(14)7(11)9(5)15/h3,14-15H,1-2H2,(H,12,13). The molecule has 1 aromatic rings. The smallest absolute Gasteiger partial charge is 0.303 e. The zero-order chi connectivity index (χ0) is 11.6. The van der Waals surface area contributed by atoms with Crippen LogP contribution in [0.15, 0.2) is 10.5 Å². The molecule has 82 valence electrons. The van der Waals surface area contributed by atoms with Gasteiger partial charge in [-0.3, -0.25) is 4.79 Å². The van der Waals surface area contributed by atoms with Gasteiger partial charge in [0, 0.05) is 6.42 Å². The molecule has 6 heteroatoms. The minimum Gasteiger partial charge on any atom is -0.505 e. The number of aryl methyl sites for hydroxylation is 1. The van der Waals surface area contributed by atoms with Gasteiger partial charge in [-0.1, -0.05) is 0 Å². The van der Waals surface area contributed by atoms with E-state index in [-0.39, 0.29) is 22.9 Å². The molecule has 0 aliphatic carbocycles. The Balaban J connectivity index is 3.04. The van der Waals surface area contributed by atoms with Gasteiger partial charge in [0.2, 0.25) is 5.82 Å². The van der Waals surface area contributed by atoms with Gasteiger partial charge in [-0.25, -0.2) is 0 Å². The minimum absolute atomic E-state index is 0.00301. The molecular formula is C9H8BrFO4. The van der Waals surface area contributed by atoms with Crippen LogP contribution in [0.3, 0.4) is 0 Å². The Kier molecular flexibility index (Phi) is 3.52. The van der Waals surface area contributed by atoms with Gasteiger partial charge in [0.1, 0.15) is 0 Å². The maximum Gasteiger partial charge on any atom is 0.303 e. The number of benzene rings is 1. The van der Waals surface area contributed by atoms with Crippen molar-refractivity contribution in [3.8, 4) is 11.5 Å². The van der Waals surface area contributed by atoms with Crippen LogP contribution in [0, 0.1) is 5.82 Å². The molecule has 0 aliphatic rings. The predicted molar refractivity (Wildman–Crippen MR) is 53.4 cm³/mol. The van der Waals surface area contributed by atoms with Crippen LogP contribution in [0.4, 0.5) is 4.39 Å². The van der Waals surface area contributed by atoms with Gasteiger partial charge >= 0.3 is 5.97 Å². The van der Waals surface area contributed by atoms with Gasteiger partial charge in [0.15, 0.2) is 11.5 Å². The van der Waals surface area contributed by atoms with Gasteiger partial charge in [0.05, 0.1) is 4.47 Å². The van der Waals surface area contributed by atoms with Crippen molar-refractivity contribution in [3.05, 3.63) is 21.9 Å². The van der Waals surface area contributed by atoms with E-state index < -0.39 is 23.3 Å². The Morgan fingerprint density at radius 2 is 2.00 bits per heavy atom. The summed E-state index contributed by atoms with van der Waals surface area (Å²) >= 11 is 2.89. The first kappa shape index (κ1) is 11.8. The third-order valence-corrected chi connectivity index (χ3v) is 2.46. The number of carboxylic acids is 1. The Hall–Kier alpha value is -1.30. The van der Waals surface area contributed by atoms with Gasteiger partial charge in [-0.05, 0) is 34.0 Å². The van der Waals surface area contributed by atoms with Crippen molar-refractivity contribution in [2.24, 2.45) is 0 Å². The molecule has 0 unspecified atom stereocenters. The van der Waals surface area contributed by atoms with E-state index in [1.54, 1.807) is 0 Å². The van der Waals surface area contributed by atoms with Crippen molar-refractivity contribution < 1.29 is 24.5 Å². The number of hydrogen-bond acceptors (Lipinski definition) is 3. The molecule has 0 bridgehead atoms. The second-order valence-electron chi connectivity index (χ2n) is 2.92. The lowest BCUT2D eigenvalue weighted by Gasteiger charge is -2.07. The molecule has 3 N–H and O–H groups in total. The fraction of sp³-hybridized carbons (Fsp3) is 0.222. The van der Waals surface area contributed by atoms with Gasteiger partial charge in [-0.15, -0.1) is 0 Å². The summed E-state index contributed by atoms with van der Waals surface area (Å²) in [6.07, 6.45) is -0.221. The van der Waals surface area contributed by atoms with Crippen LogP contribution in [0.1, 0.15) is 12.0 Å². The molecule has 0 fully saturated rings. The fourth-order valence-electron chi connectivity index (χ4n) is 1.08. The highest BCUT2D eigenvalue weighted by molar-refractivity contribution is 9.10. The van der Waals surface area contributed by atoms with E-state index in [9.17, 15) is 14.3 Å². The number of halogens is 2. The summed E-state index contributed by atoms with van der Waals surface area (Å²) in [5.41, 5.74) is 0.138. The first-order chi connectivity index (χ1) is 6.93. The Morgan fingerprint density at radius 3 is 2.53 bits per heavy atom. The number of phenols is 2. The van der Waals surface area contributed by atoms with Crippen molar-refractivity contribution in [1.29, 1.82) is 0 Å². The first-order valence-corrected chi connectivity index (χ1v) is 4.83. The molecule has 1 aromatic carbocycles. The molecule has 0 amide bonds. The monoisotopic (exact) mass is 278 g/mol. The lowest BCUT2D eigenvalue weighted by molar-refractivity contribution is -0.136. The average molecular weight is 279 g/mol. The number of carboxylic acid groups (broad SMARTS) is 1. The summed E-state index contributed by atoms with van der Waals surface area (Å²) in [4.78, 5) is 10.3. The largest absolute Gasteiger partial charge is 0.505 e. The maximum atomic E-state index is 13.1. The summed E-state index contributed by atoms with van der Waals surface area (Å²) in [6, 6.07) is 1.29. The lowest BCUT2D eigenvalue weighted by atomic mass is 10.1. The third kappa shape index (κ3) is 2.59. The molecule has 0 atom stereocenters. The molecule has 0 aliphatic heterocycles. The topological polar surface area (TPSA) is 77.8 Å². The highest BCUT2D eigenvalue weighted by Crippen LogP contribution is 2.36. The SMILES string of the molecule is O=C(O)CCc1cc(Br)c(O)c(F)c1O. The second-order valence-corrected chi connectivity index (χ2v) is 3.78. The Morgan fingerprint density at radius 1 is 1.40 bits per heavy atom. The number of rotatable bonds is 3. The van der Waals surface area contributed by atoms with Crippen LogP contribution in [0.5, 0.6) is 11.5 Å². The fourth-order valence-corrected chi connectivity index (χ4v) is 1.53. The molecular weight excluding hydrogens is 271 g/mol. The van der Waals surface area contributed by atoms with Crippen molar-refractivity contribution >= 4 is 21.9 Å². The summed E-state index contributed by atoms with van der Waals surface area (Å²) in [5.74, 6) is -3.59. The van der Waals surface area contributed by atoms with Crippen LogP contribution in [-0.4, -0.2) is 21.3 Å². The number of phenolic OH excluding ortho intramolecular Hbond substituents is 2. The summed E-state index contributed by atoms with van der Waals surface area (Å²) in [6.45, 7) is 0. The van der Waals surface area contributed by atoms with Crippen LogP contribution in [0.2, 0.25) is 0 Å². The van der Waals surface area contributed by atoms with Crippen LogP contribution < -0.4 is 0 Å². The van der Waals surface area contributed by atoms with Gasteiger partial charge in [-0.2, -0.15) is 4.39 Å². The predicted octanol–water partition coefficient (Wildman–Crippen LogP) is 2.02. The van der Waals surface area contributed by atoms with Crippen molar-refractivity contribution in [3.63, 3.8) is 0 Å². The molecule has 0 saturated heterocycles. The van der Waals surface area contributed by atoms with E-state index >= 15 is 0 Å². The van der Waals surface area contributed by atoms with E-state index in [2.05, 4.69) is 15.9 Å². The van der Waals surface area contributed by atoms with Gasteiger partial charge < -0.3 is 15.3 Å². The Bertz CT molecular complexity index is 406. The van der Waals surface area contributed by atoms with Crippen LogP contribution in [-0.2, 0) is 11.2 Å². The number of aliphatic carboxylic acids is 1. The number of carbonyl (C=O) groups is 1. The zero-order valence-corrected chi connectivity index (χ0v) is 9.08. The normalized spacial score (nSPS) is 10.3. The van der Waals surface area contributed by atoms with Crippen molar-refractivity contribution in [2.45, 2.75) is 12.8 Å². The highest BCUT2D eigenvalue weighted by Gasteiger charge is 2.16. The summed E-state index contributed by atoms with van der Waals surface area (Å²) in [7, 11) is 0. The third-order valence-electron chi connectivity index (χ3n) is 1.86. The first-order valence-electron chi connectivity index (χ1n) is 4.04. The lowest BCUT2D eigenvalue weighted by Crippen LogP contribution is -1.98. The zero-order valence-electron chi connectivity index (χ0n) is 7.50. The second kappa shape index (κ2) is 4.48. The summed E-state index contributed by atoms with van der Waals surface area (Å²) < 4.78 is 13.2. The number of hydrogen-bond donors (Lipinski definition) is 3. The number of aromatic hydroxyl groups is 2. The van der Waals surface area contributed by atoms with Crippen LogP contribution >= 0.6 is 15.9 Å². The molecule has 0 radical (unpaired) electrons. The van der Waals surface area contributed by atoms with E-state index in [0.717, 1.165) is 0 Å². The van der Waals surface area contributed by atoms with E-state index in [0.29, 0.717) is 0 Å². The molecule has 4 nitrogen and oxygen atoms in total. The van der Waals surface area contributed by atoms with E-state index in [4.69, 9.17) is 10.2 Å². The molecule has 0 heterocycles. The quantitative estimate of drug-likeness (QED) is 0.791. The summed E-state index contributed by atoms with van der Waals surface area (Å²) in [5, 5.41) is 26.8. The molecule has 15 heavy (non-hydrogen) atoms. The van der Waals surface area contributed by atoms with Crippen molar-refractivity contribution in [2.75, 3.05) is 0 Å². The Labute approximate surface area is 93.1 Å². The van der Waals surface area contributed by atoms with E-state index in [1.165, 1.54) is 6.07 Å². The minimum atomic E-state index is -1.15. The molecule has 0 aromatic heterocycles. The van der Waals surface area contributed by atoms with Crippen molar-refractivity contribution in [1.82, 2.24) is 0 Å². The van der Waals surface area contributed by atoms with Gasteiger partial charge in [0.25, 0.3) is 0 Å². The molecule has 0 spiro atoms. The average Bonchev–Trinajstić information content (AvgIpc) is 2.18. The highest BCUT2D eigenvalue weighted by atomic mass is 79.9. The van der Waals surface area contributed by atoms with E-state index in [1.807, 2.05) is 0 Å². The van der Waals surface area contributed by atoms with Crippen LogP contribution in [0.25, 0.3) is 0 Å². The molecule has 0 saturated carbocycles.